The van der Waals surface area contributed by atoms with E-state index in [1.54, 1.807) is 24.3 Å². The highest BCUT2D eigenvalue weighted by molar-refractivity contribution is 5.88. The molecule has 0 unspecified atom stereocenters. The lowest BCUT2D eigenvalue weighted by Crippen LogP contribution is -2.10. The van der Waals surface area contributed by atoms with Crippen molar-refractivity contribution in [3.8, 4) is 22.9 Å². The van der Waals surface area contributed by atoms with Crippen LogP contribution >= 0.6 is 0 Å². The van der Waals surface area contributed by atoms with E-state index in [9.17, 15) is 9.59 Å². The van der Waals surface area contributed by atoms with Crippen LogP contribution in [0.5, 0.6) is 11.5 Å². The highest BCUT2D eigenvalue weighted by atomic mass is 16.5. The van der Waals surface area contributed by atoms with Gasteiger partial charge in [0.1, 0.15) is 5.82 Å². The first-order valence-corrected chi connectivity index (χ1v) is 7.03. The standard InChI is InChI=1S/C17H14N2O5/c1-23-13-7-11-12(8-14(13)24-2)18-15(19-16(11)20)9-3-5-10(6-4-9)17(21)22/h3-8H,1-2H3,(H,21,22)(H,18,19,20). The Hall–Kier alpha value is -3.35. The van der Waals surface area contributed by atoms with Gasteiger partial charge in [-0.05, 0) is 18.2 Å². The lowest BCUT2D eigenvalue weighted by Gasteiger charge is -2.09. The maximum atomic E-state index is 12.3. The van der Waals surface area contributed by atoms with Gasteiger partial charge >= 0.3 is 5.97 Å². The summed E-state index contributed by atoms with van der Waals surface area (Å²) < 4.78 is 10.4. The van der Waals surface area contributed by atoms with E-state index >= 15 is 0 Å². The van der Waals surface area contributed by atoms with E-state index in [4.69, 9.17) is 14.6 Å². The van der Waals surface area contributed by atoms with Gasteiger partial charge in [0, 0.05) is 11.6 Å². The fourth-order valence-corrected chi connectivity index (χ4v) is 2.37. The highest BCUT2D eigenvalue weighted by Gasteiger charge is 2.12. The molecule has 1 aromatic heterocycles. The number of aromatic carboxylic acids is 1. The van der Waals surface area contributed by atoms with Crippen LogP contribution in [0.4, 0.5) is 0 Å². The third kappa shape index (κ3) is 2.67. The van der Waals surface area contributed by atoms with E-state index in [0.29, 0.717) is 33.8 Å². The van der Waals surface area contributed by atoms with Crippen LogP contribution in [0.1, 0.15) is 10.4 Å². The van der Waals surface area contributed by atoms with E-state index in [1.807, 2.05) is 0 Å². The molecule has 2 aromatic carbocycles. The zero-order valence-corrected chi connectivity index (χ0v) is 13.0. The summed E-state index contributed by atoms with van der Waals surface area (Å²) in [7, 11) is 2.99. The number of aromatic nitrogens is 2. The van der Waals surface area contributed by atoms with E-state index < -0.39 is 5.97 Å². The predicted molar refractivity (Wildman–Crippen MR) is 87.9 cm³/mol. The van der Waals surface area contributed by atoms with Crippen LogP contribution in [0.25, 0.3) is 22.3 Å². The Morgan fingerprint density at radius 1 is 1.08 bits per heavy atom. The number of nitrogens with zero attached hydrogens (tertiary/aromatic N) is 1. The molecule has 7 nitrogen and oxygen atoms in total. The number of hydrogen-bond acceptors (Lipinski definition) is 5. The minimum absolute atomic E-state index is 0.160. The normalized spacial score (nSPS) is 10.6. The van der Waals surface area contributed by atoms with Crippen LogP contribution in [0.2, 0.25) is 0 Å². The minimum atomic E-state index is -1.02. The van der Waals surface area contributed by atoms with Gasteiger partial charge in [0.2, 0.25) is 0 Å². The molecule has 0 aliphatic heterocycles. The number of carbonyl (C=O) groups is 1. The number of H-pyrrole nitrogens is 1. The van der Waals surface area contributed by atoms with E-state index in [-0.39, 0.29) is 11.1 Å². The summed E-state index contributed by atoms with van der Waals surface area (Å²) in [5.74, 6) is 0.237. The zero-order valence-electron chi connectivity index (χ0n) is 13.0. The van der Waals surface area contributed by atoms with Crippen LogP contribution in [0.15, 0.2) is 41.2 Å². The number of aromatic amines is 1. The first-order chi connectivity index (χ1) is 11.5. The molecule has 1 heterocycles. The fraction of sp³-hybridized carbons (Fsp3) is 0.118. The molecule has 0 bridgehead atoms. The van der Waals surface area contributed by atoms with Crippen LogP contribution in [-0.4, -0.2) is 35.3 Å². The van der Waals surface area contributed by atoms with Gasteiger partial charge in [0.25, 0.3) is 5.56 Å². The second kappa shape index (κ2) is 6.04. The van der Waals surface area contributed by atoms with Gasteiger partial charge in [-0.2, -0.15) is 0 Å². The number of carboxylic acid groups (broad SMARTS) is 1. The van der Waals surface area contributed by atoms with Gasteiger partial charge < -0.3 is 19.6 Å². The molecule has 0 aliphatic carbocycles. The van der Waals surface area contributed by atoms with Gasteiger partial charge in [-0.1, -0.05) is 12.1 Å². The van der Waals surface area contributed by atoms with Crippen molar-refractivity contribution in [3.63, 3.8) is 0 Å². The monoisotopic (exact) mass is 326 g/mol. The van der Waals surface area contributed by atoms with Crippen molar-refractivity contribution in [2.24, 2.45) is 0 Å². The summed E-state index contributed by atoms with van der Waals surface area (Å²) in [4.78, 5) is 30.4. The summed E-state index contributed by atoms with van der Waals surface area (Å²) in [6.45, 7) is 0. The smallest absolute Gasteiger partial charge is 0.335 e. The number of benzene rings is 2. The van der Waals surface area contributed by atoms with E-state index in [1.165, 1.54) is 26.4 Å². The molecular weight excluding hydrogens is 312 g/mol. The number of fused-ring (bicyclic) bond motifs is 1. The zero-order chi connectivity index (χ0) is 17.3. The lowest BCUT2D eigenvalue weighted by atomic mass is 10.1. The summed E-state index contributed by atoms with van der Waals surface area (Å²) in [5, 5.41) is 9.31. The van der Waals surface area contributed by atoms with Gasteiger partial charge in [0.15, 0.2) is 11.5 Å². The molecule has 24 heavy (non-hydrogen) atoms. The molecule has 2 N–H and O–H groups in total. The number of carboxylic acids is 1. The summed E-state index contributed by atoms with van der Waals surface area (Å²) in [6.07, 6.45) is 0. The first kappa shape index (κ1) is 15.5. The van der Waals surface area contributed by atoms with Gasteiger partial charge in [0.05, 0.1) is 30.7 Å². The third-order valence-corrected chi connectivity index (χ3v) is 3.62. The van der Waals surface area contributed by atoms with Crippen LogP contribution in [0, 0.1) is 0 Å². The van der Waals surface area contributed by atoms with E-state index in [2.05, 4.69) is 9.97 Å². The Balaban J connectivity index is 2.16. The Morgan fingerprint density at radius 2 is 1.71 bits per heavy atom. The number of methoxy groups -OCH3 is 2. The maximum Gasteiger partial charge on any atom is 0.335 e. The van der Waals surface area contributed by atoms with Crippen molar-refractivity contribution in [2.45, 2.75) is 0 Å². The number of ether oxygens (including phenoxy) is 2. The molecular formula is C17H14N2O5. The Morgan fingerprint density at radius 3 is 2.29 bits per heavy atom. The van der Waals surface area contributed by atoms with Crippen LogP contribution in [-0.2, 0) is 0 Å². The number of hydrogen-bond donors (Lipinski definition) is 2. The first-order valence-electron chi connectivity index (χ1n) is 7.03. The second-order valence-electron chi connectivity index (χ2n) is 5.02. The van der Waals surface area contributed by atoms with E-state index in [0.717, 1.165) is 0 Å². The molecule has 0 spiro atoms. The maximum absolute atomic E-state index is 12.3. The van der Waals surface area contributed by atoms with Gasteiger partial charge in [-0.3, -0.25) is 4.79 Å². The minimum Gasteiger partial charge on any atom is -0.493 e. The lowest BCUT2D eigenvalue weighted by molar-refractivity contribution is 0.0697. The van der Waals surface area contributed by atoms with Crippen molar-refractivity contribution >= 4 is 16.9 Å². The average Bonchev–Trinajstić information content (AvgIpc) is 2.60. The van der Waals surface area contributed by atoms with Crippen molar-refractivity contribution in [1.82, 2.24) is 9.97 Å². The third-order valence-electron chi connectivity index (χ3n) is 3.62. The molecule has 0 atom stereocenters. The predicted octanol–water partition coefficient (Wildman–Crippen LogP) is 2.31. The van der Waals surface area contributed by atoms with Crippen LogP contribution in [0.3, 0.4) is 0 Å². The summed E-state index contributed by atoms with van der Waals surface area (Å²) >= 11 is 0. The van der Waals surface area contributed by atoms with Gasteiger partial charge in [-0.15, -0.1) is 0 Å². The topological polar surface area (TPSA) is 102 Å². The largest absolute Gasteiger partial charge is 0.493 e. The summed E-state index contributed by atoms with van der Waals surface area (Å²) in [6, 6.07) is 9.28. The van der Waals surface area contributed by atoms with Crippen molar-refractivity contribution < 1.29 is 19.4 Å². The van der Waals surface area contributed by atoms with Crippen molar-refractivity contribution in [3.05, 3.63) is 52.3 Å². The Bertz CT molecular complexity index is 977. The SMILES string of the molecule is COc1cc2nc(-c3ccc(C(=O)O)cc3)[nH]c(=O)c2cc1OC. The van der Waals surface area contributed by atoms with Crippen molar-refractivity contribution in [1.29, 1.82) is 0 Å². The fourth-order valence-electron chi connectivity index (χ4n) is 2.37. The van der Waals surface area contributed by atoms with Crippen molar-refractivity contribution in [2.75, 3.05) is 14.2 Å². The molecule has 7 heteroatoms. The number of nitrogens with one attached hydrogen (secondary N) is 1. The summed E-state index contributed by atoms with van der Waals surface area (Å²) in [5.41, 5.74) is 0.897. The Kier molecular flexibility index (Phi) is 3.91. The molecule has 0 radical (unpaired) electrons. The molecule has 0 amide bonds. The molecule has 3 aromatic rings. The molecule has 0 saturated carbocycles. The molecule has 0 aliphatic rings. The molecule has 122 valence electrons. The second-order valence-corrected chi connectivity index (χ2v) is 5.02. The quantitative estimate of drug-likeness (QED) is 0.763. The number of rotatable bonds is 4. The molecule has 3 rings (SSSR count). The average molecular weight is 326 g/mol. The molecule has 0 saturated heterocycles. The highest BCUT2D eigenvalue weighted by Crippen LogP contribution is 2.30. The Labute approximate surface area is 136 Å². The van der Waals surface area contributed by atoms with Gasteiger partial charge in [-0.25, -0.2) is 9.78 Å². The molecule has 0 fully saturated rings. The van der Waals surface area contributed by atoms with Crippen LogP contribution < -0.4 is 15.0 Å².